The van der Waals surface area contributed by atoms with Crippen LogP contribution in [0.25, 0.3) is 0 Å². The van der Waals surface area contributed by atoms with Crippen LogP contribution >= 0.6 is 11.8 Å². The summed E-state index contributed by atoms with van der Waals surface area (Å²) in [5, 5.41) is 0.917. The lowest BCUT2D eigenvalue weighted by molar-refractivity contribution is 0.413. The molecule has 1 unspecified atom stereocenters. The molecule has 0 saturated carbocycles. The van der Waals surface area contributed by atoms with E-state index in [1.165, 1.54) is 18.8 Å². The Kier molecular flexibility index (Phi) is 2.20. The average Bonchev–Trinajstić information content (AvgIpc) is 2.14. The van der Waals surface area contributed by atoms with Crippen molar-refractivity contribution in [1.29, 1.82) is 0 Å². The Balaban J connectivity index is 2.22. The molecule has 1 aliphatic heterocycles. The first-order valence-corrected chi connectivity index (χ1v) is 4.18. The van der Waals surface area contributed by atoms with Gasteiger partial charge >= 0.3 is 0 Å². The molecule has 48 valence electrons. The Morgan fingerprint density at radius 1 is 1.75 bits per heavy atom. The van der Waals surface area contributed by atoms with E-state index in [1.54, 1.807) is 0 Å². The molecular formula is C6H13NS. The van der Waals surface area contributed by atoms with Crippen LogP contribution in [0.5, 0.6) is 0 Å². The van der Waals surface area contributed by atoms with Crippen molar-refractivity contribution >= 4 is 11.8 Å². The quantitative estimate of drug-likeness (QED) is 0.529. The van der Waals surface area contributed by atoms with Gasteiger partial charge in [-0.25, -0.2) is 0 Å². The van der Waals surface area contributed by atoms with Gasteiger partial charge < -0.3 is 0 Å². The average molecular weight is 131 g/mol. The molecule has 0 aromatic heterocycles. The van der Waals surface area contributed by atoms with Crippen LogP contribution in [0.2, 0.25) is 0 Å². The summed E-state index contributed by atoms with van der Waals surface area (Å²) in [6, 6.07) is 0. The summed E-state index contributed by atoms with van der Waals surface area (Å²) in [5.74, 6) is 1.23. The number of hydrogen-bond acceptors (Lipinski definition) is 2. The first-order valence-electron chi connectivity index (χ1n) is 3.13. The Hall–Kier alpha value is 0.310. The molecule has 1 aliphatic rings. The molecule has 1 heterocycles. The van der Waals surface area contributed by atoms with E-state index in [0.29, 0.717) is 0 Å². The zero-order valence-electron chi connectivity index (χ0n) is 5.55. The van der Waals surface area contributed by atoms with Crippen LogP contribution < -0.4 is 0 Å². The maximum absolute atomic E-state index is 2.37. The van der Waals surface area contributed by atoms with Crippen LogP contribution in [0, 0.1) is 0 Å². The van der Waals surface area contributed by atoms with Gasteiger partial charge in [-0.2, -0.15) is 0 Å². The first kappa shape index (κ1) is 6.43. The minimum absolute atomic E-state index is 0.917. The van der Waals surface area contributed by atoms with Gasteiger partial charge in [0.25, 0.3) is 0 Å². The summed E-state index contributed by atoms with van der Waals surface area (Å²) in [5.41, 5.74) is 0. The minimum atomic E-state index is 0.917. The molecule has 0 spiro atoms. The predicted molar refractivity (Wildman–Crippen MR) is 39.2 cm³/mol. The van der Waals surface area contributed by atoms with E-state index in [4.69, 9.17) is 0 Å². The van der Waals surface area contributed by atoms with Crippen molar-refractivity contribution in [2.24, 2.45) is 0 Å². The maximum Gasteiger partial charge on any atom is 0.0444 e. The highest BCUT2D eigenvalue weighted by Crippen LogP contribution is 2.22. The summed E-state index contributed by atoms with van der Waals surface area (Å²) >= 11 is 2.08. The number of hydrogen-bond donors (Lipinski definition) is 0. The lowest BCUT2D eigenvalue weighted by Crippen LogP contribution is -2.15. The Morgan fingerprint density at radius 2 is 2.50 bits per heavy atom. The molecule has 1 nitrogen and oxygen atoms in total. The fourth-order valence-corrected chi connectivity index (χ4v) is 2.10. The molecule has 0 aromatic rings. The van der Waals surface area contributed by atoms with Crippen molar-refractivity contribution in [1.82, 2.24) is 4.90 Å². The summed E-state index contributed by atoms with van der Waals surface area (Å²) in [6.45, 7) is 3.55. The maximum atomic E-state index is 2.37. The Labute approximate surface area is 55.4 Å². The van der Waals surface area contributed by atoms with Crippen LogP contribution in [0.1, 0.15) is 13.3 Å². The third-order valence-corrected chi connectivity index (χ3v) is 3.04. The van der Waals surface area contributed by atoms with E-state index in [-0.39, 0.29) is 0 Å². The molecule has 8 heavy (non-hydrogen) atoms. The van der Waals surface area contributed by atoms with Crippen molar-refractivity contribution in [3.05, 3.63) is 0 Å². The third kappa shape index (κ3) is 1.39. The summed E-state index contributed by atoms with van der Waals surface area (Å²) < 4.78 is 0. The molecule has 0 aliphatic carbocycles. The molecule has 0 radical (unpaired) electrons. The van der Waals surface area contributed by atoms with Crippen molar-refractivity contribution in [3.63, 3.8) is 0 Å². The van der Waals surface area contributed by atoms with E-state index < -0.39 is 0 Å². The first-order chi connectivity index (χ1) is 3.83. The van der Waals surface area contributed by atoms with Gasteiger partial charge in [0.2, 0.25) is 0 Å². The smallest absolute Gasteiger partial charge is 0.0444 e. The molecule has 1 fully saturated rings. The lowest BCUT2D eigenvalue weighted by Gasteiger charge is -2.04. The van der Waals surface area contributed by atoms with Crippen LogP contribution in [-0.2, 0) is 0 Å². The Morgan fingerprint density at radius 3 is 2.75 bits per heavy atom. The third-order valence-electron chi connectivity index (χ3n) is 1.50. The molecule has 1 rings (SSSR count). The number of nitrogens with zero attached hydrogens (tertiary/aromatic N) is 1. The second-order valence-corrected chi connectivity index (χ2v) is 3.62. The normalized spacial score (nSPS) is 31.5. The molecule has 0 aromatic carbocycles. The fraction of sp³-hybridized carbons (Fsp3) is 1.00. The van der Waals surface area contributed by atoms with Gasteiger partial charge in [0.05, 0.1) is 0 Å². The van der Waals surface area contributed by atoms with Crippen LogP contribution in [0.15, 0.2) is 0 Å². The van der Waals surface area contributed by atoms with Crippen molar-refractivity contribution in [2.45, 2.75) is 18.6 Å². The van der Waals surface area contributed by atoms with Crippen LogP contribution in [-0.4, -0.2) is 29.6 Å². The summed E-state index contributed by atoms with van der Waals surface area (Å²) in [7, 11) is 2.18. The van der Waals surface area contributed by atoms with Gasteiger partial charge in [0, 0.05) is 17.7 Å². The fourth-order valence-electron chi connectivity index (χ4n) is 0.933. The van der Waals surface area contributed by atoms with Crippen molar-refractivity contribution < 1.29 is 0 Å². The number of thioether (sulfide) groups is 1. The zero-order chi connectivity index (χ0) is 5.98. The molecule has 0 N–H and O–H groups in total. The second-order valence-electron chi connectivity index (χ2n) is 2.36. The van der Waals surface area contributed by atoms with E-state index >= 15 is 0 Å². The van der Waals surface area contributed by atoms with E-state index in [1.807, 2.05) is 0 Å². The molecule has 0 amide bonds. The molecule has 2 heteroatoms. The van der Waals surface area contributed by atoms with Gasteiger partial charge in [-0.05, 0) is 13.5 Å². The lowest BCUT2D eigenvalue weighted by atomic mass is 10.3. The van der Waals surface area contributed by atoms with Crippen LogP contribution in [0.3, 0.4) is 0 Å². The standard InChI is InChI=1S/C6H13NS/c1-3-6-4-7(2)5-8-6/h6H,3-5H2,1-2H3. The molecular weight excluding hydrogens is 118 g/mol. The Bertz CT molecular complexity index is 74.9. The summed E-state index contributed by atoms with van der Waals surface area (Å²) in [6.07, 6.45) is 1.33. The van der Waals surface area contributed by atoms with Gasteiger partial charge in [-0.3, -0.25) is 4.90 Å². The van der Waals surface area contributed by atoms with Crippen LogP contribution in [0.4, 0.5) is 0 Å². The second kappa shape index (κ2) is 2.74. The molecule has 0 bridgehead atoms. The van der Waals surface area contributed by atoms with E-state index in [2.05, 4.69) is 30.6 Å². The van der Waals surface area contributed by atoms with Crippen molar-refractivity contribution in [3.8, 4) is 0 Å². The van der Waals surface area contributed by atoms with Gasteiger partial charge in [0.15, 0.2) is 0 Å². The van der Waals surface area contributed by atoms with Gasteiger partial charge in [-0.1, -0.05) is 6.92 Å². The highest BCUT2D eigenvalue weighted by molar-refractivity contribution is 8.00. The molecule has 1 atom stereocenters. The van der Waals surface area contributed by atoms with E-state index in [9.17, 15) is 0 Å². The predicted octanol–water partition coefficient (Wildman–Crippen LogP) is 1.40. The molecule has 1 saturated heterocycles. The highest BCUT2D eigenvalue weighted by Gasteiger charge is 2.16. The zero-order valence-corrected chi connectivity index (χ0v) is 6.37. The monoisotopic (exact) mass is 131 g/mol. The SMILES string of the molecule is CCC1CN(C)CS1. The van der Waals surface area contributed by atoms with E-state index in [0.717, 1.165) is 5.25 Å². The number of rotatable bonds is 1. The minimum Gasteiger partial charge on any atom is -0.296 e. The highest BCUT2D eigenvalue weighted by atomic mass is 32.2. The summed E-state index contributed by atoms with van der Waals surface area (Å²) in [4.78, 5) is 2.37. The van der Waals surface area contributed by atoms with Crippen molar-refractivity contribution in [2.75, 3.05) is 19.5 Å². The largest absolute Gasteiger partial charge is 0.296 e. The topological polar surface area (TPSA) is 3.24 Å². The van der Waals surface area contributed by atoms with Gasteiger partial charge in [-0.15, -0.1) is 11.8 Å². The van der Waals surface area contributed by atoms with Gasteiger partial charge in [0.1, 0.15) is 0 Å².